The van der Waals surface area contributed by atoms with Crippen molar-refractivity contribution < 1.29 is 9.59 Å². The van der Waals surface area contributed by atoms with Crippen molar-refractivity contribution in [2.45, 2.75) is 6.92 Å². The summed E-state index contributed by atoms with van der Waals surface area (Å²) in [6, 6.07) is 13.8. The molecule has 0 atom stereocenters. The highest BCUT2D eigenvalue weighted by Crippen LogP contribution is 2.19. The smallest absolute Gasteiger partial charge is 0.234 e. The molecule has 0 bridgehead atoms. The van der Waals surface area contributed by atoms with Gasteiger partial charge in [0.05, 0.1) is 11.5 Å². The van der Waals surface area contributed by atoms with E-state index in [-0.39, 0.29) is 11.7 Å². The number of carbonyl (C=O) groups is 2. The van der Waals surface area contributed by atoms with E-state index in [1.165, 1.54) is 18.7 Å². The summed E-state index contributed by atoms with van der Waals surface area (Å²) >= 11 is 1.33. The minimum absolute atomic E-state index is 0.0819. The van der Waals surface area contributed by atoms with E-state index in [1.54, 1.807) is 0 Å². The first kappa shape index (κ1) is 13.6. The number of rotatable bonds is 5. The quantitative estimate of drug-likeness (QED) is 0.910. The molecule has 0 saturated heterocycles. The highest BCUT2D eigenvalue weighted by molar-refractivity contribution is 8.00. The van der Waals surface area contributed by atoms with Crippen molar-refractivity contribution in [2.75, 3.05) is 16.8 Å². The van der Waals surface area contributed by atoms with Crippen molar-refractivity contribution in [2.24, 2.45) is 0 Å². The van der Waals surface area contributed by atoms with Gasteiger partial charge in [-0.15, -0.1) is 11.8 Å². The fourth-order valence-electron chi connectivity index (χ4n) is 1.75. The molecule has 4 heteroatoms. The first-order valence-corrected chi connectivity index (χ1v) is 7.16. The number of fused-ring (bicyclic) bond motifs is 1. The summed E-state index contributed by atoms with van der Waals surface area (Å²) < 4.78 is 0. The summed E-state index contributed by atoms with van der Waals surface area (Å²) in [6.45, 7) is 1.52. The molecule has 0 heterocycles. The Bertz CT molecular complexity index is 610. The molecule has 0 spiro atoms. The van der Waals surface area contributed by atoms with Gasteiger partial charge in [0.25, 0.3) is 0 Å². The predicted octanol–water partition coefficient (Wildman–Crippen LogP) is 3.10. The van der Waals surface area contributed by atoms with Crippen molar-refractivity contribution in [3.05, 3.63) is 42.5 Å². The monoisotopic (exact) mass is 273 g/mol. The Morgan fingerprint density at radius 2 is 1.79 bits per heavy atom. The zero-order valence-electron chi connectivity index (χ0n) is 10.7. The molecular weight excluding hydrogens is 258 g/mol. The van der Waals surface area contributed by atoms with E-state index in [2.05, 4.69) is 5.32 Å². The van der Waals surface area contributed by atoms with Crippen LogP contribution in [0.15, 0.2) is 42.5 Å². The van der Waals surface area contributed by atoms with Crippen LogP contribution in [-0.2, 0) is 9.59 Å². The predicted molar refractivity (Wildman–Crippen MR) is 80.6 cm³/mol. The van der Waals surface area contributed by atoms with Crippen molar-refractivity contribution in [3.63, 3.8) is 0 Å². The van der Waals surface area contributed by atoms with Gasteiger partial charge in [-0.3, -0.25) is 9.59 Å². The second-order valence-corrected chi connectivity index (χ2v) is 5.29. The molecule has 0 aromatic heterocycles. The second-order valence-electron chi connectivity index (χ2n) is 4.30. The van der Waals surface area contributed by atoms with E-state index >= 15 is 0 Å². The molecular formula is C15H15NO2S. The van der Waals surface area contributed by atoms with Gasteiger partial charge >= 0.3 is 0 Å². The lowest BCUT2D eigenvalue weighted by Crippen LogP contribution is -2.15. The molecule has 0 unspecified atom stereocenters. The van der Waals surface area contributed by atoms with Gasteiger partial charge in [0.1, 0.15) is 5.78 Å². The van der Waals surface area contributed by atoms with Gasteiger partial charge in [-0.05, 0) is 29.8 Å². The third kappa shape index (κ3) is 4.10. The number of thioether (sulfide) groups is 1. The molecule has 1 N–H and O–H groups in total. The number of amides is 1. The van der Waals surface area contributed by atoms with Gasteiger partial charge in [0.15, 0.2) is 0 Å². The summed E-state index contributed by atoms with van der Waals surface area (Å²) in [5.41, 5.74) is 0.784. The number of hydrogen-bond acceptors (Lipinski definition) is 3. The molecule has 2 aromatic rings. The minimum Gasteiger partial charge on any atom is -0.325 e. The van der Waals surface area contributed by atoms with Crippen LogP contribution in [0.5, 0.6) is 0 Å². The van der Waals surface area contributed by atoms with Gasteiger partial charge in [-0.2, -0.15) is 0 Å². The molecule has 0 aliphatic rings. The SMILES string of the molecule is CC(=O)CSCC(=O)Nc1ccc2ccccc2c1. The number of hydrogen-bond donors (Lipinski definition) is 1. The number of anilines is 1. The average molecular weight is 273 g/mol. The number of nitrogens with one attached hydrogen (secondary N) is 1. The Kier molecular flexibility index (Phi) is 4.58. The number of ketones is 1. The first-order chi connectivity index (χ1) is 9.15. The van der Waals surface area contributed by atoms with Crippen LogP contribution in [0.25, 0.3) is 10.8 Å². The number of carbonyl (C=O) groups excluding carboxylic acids is 2. The maximum absolute atomic E-state index is 11.7. The highest BCUT2D eigenvalue weighted by Gasteiger charge is 2.04. The van der Waals surface area contributed by atoms with Crippen LogP contribution >= 0.6 is 11.8 Å². The Morgan fingerprint density at radius 1 is 1.05 bits per heavy atom. The second kappa shape index (κ2) is 6.38. The third-order valence-corrected chi connectivity index (χ3v) is 3.65. The van der Waals surface area contributed by atoms with E-state index in [4.69, 9.17) is 0 Å². The molecule has 2 rings (SSSR count). The van der Waals surface area contributed by atoms with Crippen molar-refractivity contribution >= 4 is 39.9 Å². The molecule has 19 heavy (non-hydrogen) atoms. The molecule has 0 aliphatic heterocycles. The van der Waals surface area contributed by atoms with E-state index < -0.39 is 0 Å². The Hall–Kier alpha value is -1.81. The van der Waals surface area contributed by atoms with Gasteiger partial charge < -0.3 is 5.32 Å². The lowest BCUT2D eigenvalue weighted by atomic mass is 10.1. The average Bonchev–Trinajstić information content (AvgIpc) is 2.38. The lowest BCUT2D eigenvalue weighted by molar-refractivity contribution is -0.114. The molecule has 2 aromatic carbocycles. The largest absolute Gasteiger partial charge is 0.325 e. The molecule has 0 radical (unpaired) electrons. The van der Waals surface area contributed by atoms with Crippen LogP contribution in [0.2, 0.25) is 0 Å². The first-order valence-electron chi connectivity index (χ1n) is 6.01. The van der Waals surface area contributed by atoms with Crippen LogP contribution in [0.1, 0.15) is 6.92 Å². The maximum Gasteiger partial charge on any atom is 0.234 e. The summed E-state index contributed by atoms with van der Waals surface area (Å²) in [6.07, 6.45) is 0. The summed E-state index contributed by atoms with van der Waals surface area (Å²) in [5, 5.41) is 5.08. The summed E-state index contributed by atoms with van der Waals surface area (Å²) in [4.78, 5) is 22.5. The number of benzene rings is 2. The molecule has 0 aliphatic carbocycles. The van der Waals surface area contributed by atoms with Crippen molar-refractivity contribution in [3.8, 4) is 0 Å². The fraction of sp³-hybridized carbons (Fsp3) is 0.200. The highest BCUT2D eigenvalue weighted by atomic mass is 32.2. The summed E-state index contributed by atoms with van der Waals surface area (Å²) in [5.74, 6) is 0.683. The zero-order chi connectivity index (χ0) is 13.7. The molecule has 1 amide bonds. The van der Waals surface area contributed by atoms with Crippen molar-refractivity contribution in [1.82, 2.24) is 0 Å². The third-order valence-electron chi connectivity index (χ3n) is 2.57. The van der Waals surface area contributed by atoms with Crippen LogP contribution in [-0.4, -0.2) is 23.2 Å². The van der Waals surface area contributed by atoms with Crippen LogP contribution in [0.3, 0.4) is 0 Å². The number of Topliss-reactive ketones (excluding diaryl/α,β-unsaturated/α-hetero) is 1. The fourth-order valence-corrected chi connectivity index (χ4v) is 2.40. The Morgan fingerprint density at radius 3 is 2.53 bits per heavy atom. The van der Waals surface area contributed by atoms with Crippen molar-refractivity contribution in [1.29, 1.82) is 0 Å². The zero-order valence-corrected chi connectivity index (χ0v) is 11.5. The van der Waals surface area contributed by atoms with E-state index in [1.807, 2.05) is 42.5 Å². The van der Waals surface area contributed by atoms with Gasteiger partial charge in [-0.1, -0.05) is 30.3 Å². The van der Waals surface area contributed by atoms with Crippen LogP contribution in [0.4, 0.5) is 5.69 Å². The molecule has 0 saturated carbocycles. The molecule has 0 fully saturated rings. The normalized spacial score (nSPS) is 10.4. The topological polar surface area (TPSA) is 46.2 Å². The van der Waals surface area contributed by atoms with E-state index in [0.29, 0.717) is 11.5 Å². The standard InChI is InChI=1S/C15H15NO2S/c1-11(17)9-19-10-15(18)16-14-7-6-12-4-2-3-5-13(12)8-14/h2-8H,9-10H2,1H3,(H,16,18). The van der Waals surface area contributed by atoms with E-state index in [0.717, 1.165) is 16.5 Å². The Balaban J connectivity index is 1.97. The Labute approximate surface area is 116 Å². The lowest BCUT2D eigenvalue weighted by Gasteiger charge is -2.06. The molecule has 3 nitrogen and oxygen atoms in total. The molecule has 98 valence electrons. The van der Waals surface area contributed by atoms with Gasteiger partial charge in [0.2, 0.25) is 5.91 Å². The van der Waals surface area contributed by atoms with Gasteiger partial charge in [0, 0.05) is 5.69 Å². The van der Waals surface area contributed by atoms with Crippen LogP contribution < -0.4 is 5.32 Å². The maximum atomic E-state index is 11.7. The van der Waals surface area contributed by atoms with Crippen LogP contribution in [0, 0.1) is 0 Å². The van der Waals surface area contributed by atoms with Gasteiger partial charge in [-0.25, -0.2) is 0 Å². The summed E-state index contributed by atoms with van der Waals surface area (Å²) in [7, 11) is 0. The minimum atomic E-state index is -0.0819. The van der Waals surface area contributed by atoms with E-state index in [9.17, 15) is 9.59 Å².